The van der Waals surface area contributed by atoms with Gasteiger partial charge in [-0.05, 0) is 37.0 Å². The topological polar surface area (TPSA) is 66.5 Å². The molecule has 2 aliphatic rings. The molecule has 1 saturated heterocycles. The zero-order chi connectivity index (χ0) is 18.0. The van der Waals surface area contributed by atoms with Gasteiger partial charge in [0.1, 0.15) is 6.54 Å². The predicted molar refractivity (Wildman–Crippen MR) is 94.8 cm³/mol. The van der Waals surface area contributed by atoms with Gasteiger partial charge in [0.25, 0.3) is 0 Å². The van der Waals surface area contributed by atoms with Crippen molar-refractivity contribution in [3.63, 3.8) is 0 Å². The van der Waals surface area contributed by atoms with Crippen LogP contribution >= 0.6 is 11.6 Å². The van der Waals surface area contributed by atoms with Crippen LogP contribution in [0.1, 0.15) is 50.6 Å². The molecule has 3 amide bonds. The zero-order valence-electron chi connectivity index (χ0n) is 14.3. The van der Waals surface area contributed by atoms with Crippen LogP contribution in [0.4, 0.5) is 0 Å². The SMILES string of the molecule is CCC(NC(=O)CN1C(=O)C2CCCCC2C1=O)c1cccc(Cl)c1. The van der Waals surface area contributed by atoms with E-state index >= 15 is 0 Å². The molecule has 0 radical (unpaired) electrons. The number of fused-ring (bicyclic) bond motifs is 1. The van der Waals surface area contributed by atoms with Gasteiger partial charge in [0.2, 0.25) is 17.7 Å². The molecule has 3 rings (SSSR count). The van der Waals surface area contributed by atoms with Crippen LogP contribution in [0.25, 0.3) is 0 Å². The number of imide groups is 1. The summed E-state index contributed by atoms with van der Waals surface area (Å²) in [6.45, 7) is 1.77. The van der Waals surface area contributed by atoms with Crippen LogP contribution in [-0.4, -0.2) is 29.2 Å². The largest absolute Gasteiger partial charge is 0.348 e. The number of carbonyl (C=O) groups excluding carboxylic acids is 3. The fourth-order valence-corrected chi connectivity index (χ4v) is 4.11. The number of likely N-dealkylation sites (tertiary alicyclic amines) is 1. The summed E-state index contributed by atoms with van der Waals surface area (Å²) in [6, 6.07) is 7.15. The van der Waals surface area contributed by atoms with E-state index < -0.39 is 0 Å². The first-order chi connectivity index (χ1) is 12.0. The van der Waals surface area contributed by atoms with Crippen LogP contribution in [0.5, 0.6) is 0 Å². The Balaban J connectivity index is 1.65. The molecule has 0 aromatic heterocycles. The Morgan fingerprint density at radius 3 is 2.44 bits per heavy atom. The van der Waals surface area contributed by atoms with Gasteiger partial charge in [0.05, 0.1) is 17.9 Å². The number of hydrogen-bond donors (Lipinski definition) is 1. The average Bonchev–Trinajstić information content (AvgIpc) is 2.85. The van der Waals surface area contributed by atoms with Gasteiger partial charge in [-0.25, -0.2) is 0 Å². The molecule has 3 unspecified atom stereocenters. The minimum Gasteiger partial charge on any atom is -0.348 e. The highest BCUT2D eigenvalue weighted by Crippen LogP contribution is 2.37. The van der Waals surface area contributed by atoms with E-state index in [9.17, 15) is 14.4 Å². The second-order valence-electron chi connectivity index (χ2n) is 6.84. The maximum absolute atomic E-state index is 12.5. The van der Waals surface area contributed by atoms with Gasteiger partial charge in [0.15, 0.2) is 0 Å². The van der Waals surface area contributed by atoms with Gasteiger partial charge < -0.3 is 5.32 Å². The van der Waals surface area contributed by atoms with Crippen molar-refractivity contribution in [2.45, 2.75) is 45.1 Å². The number of amides is 3. The standard InChI is InChI=1S/C19H23ClN2O3/c1-2-16(12-6-5-7-13(20)10-12)21-17(23)11-22-18(24)14-8-3-4-9-15(14)19(22)25/h5-7,10,14-16H,2-4,8-9,11H2,1H3,(H,21,23). The molecule has 1 aliphatic heterocycles. The molecule has 25 heavy (non-hydrogen) atoms. The van der Waals surface area contributed by atoms with Gasteiger partial charge in [-0.1, -0.05) is 43.5 Å². The average molecular weight is 363 g/mol. The third-order valence-electron chi connectivity index (χ3n) is 5.23. The van der Waals surface area contributed by atoms with E-state index in [4.69, 9.17) is 11.6 Å². The molecule has 5 nitrogen and oxygen atoms in total. The Labute approximate surface area is 152 Å². The number of rotatable bonds is 5. The Kier molecular flexibility index (Phi) is 5.42. The number of nitrogens with one attached hydrogen (secondary N) is 1. The molecule has 2 fully saturated rings. The molecule has 0 bridgehead atoms. The number of benzene rings is 1. The second-order valence-corrected chi connectivity index (χ2v) is 7.28. The molecular formula is C19H23ClN2O3. The third-order valence-corrected chi connectivity index (χ3v) is 5.46. The van der Waals surface area contributed by atoms with Crippen LogP contribution in [0.3, 0.4) is 0 Å². The number of carbonyl (C=O) groups is 3. The molecule has 1 aromatic carbocycles. The molecule has 1 aromatic rings. The summed E-state index contributed by atoms with van der Waals surface area (Å²) < 4.78 is 0. The summed E-state index contributed by atoms with van der Waals surface area (Å²) in [5.41, 5.74) is 0.913. The van der Waals surface area contributed by atoms with Crippen molar-refractivity contribution in [1.82, 2.24) is 10.2 Å². The fraction of sp³-hybridized carbons (Fsp3) is 0.526. The van der Waals surface area contributed by atoms with E-state index in [1.807, 2.05) is 25.1 Å². The molecular weight excluding hydrogens is 340 g/mol. The summed E-state index contributed by atoms with van der Waals surface area (Å²) in [6.07, 6.45) is 4.17. The van der Waals surface area contributed by atoms with Crippen molar-refractivity contribution in [1.29, 1.82) is 0 Å². The molecule has 1 heterocycles. The van der Waals surface area contributed by atoms with Crippen LogP contribution in [0.2, 0.25) is 5.02 Å². The highest BCUT2D eigenvalue weighted by Gasteiger charge is 2.48. The summed E-state index contributed by atoms with van der Waals surface area (Å²) >= 11 is 6.02. The molecule has 1 aliphatic carbocycles. The highest BCUT2D eigenvalue weighted by molar-refractivity contribution is 6.30. The van der Waals surface area contributed by atoms with Crippen LogP contribution in [-0.2, 0) is 14.4 Å². The van der Waals surface area contributed by atoms with E-state index in [-0.39, 0.29) is 42.1 Å². The van der Waals surface area contributed by atoms with E-state index in [2.05, 4.69) is 5.32 Å². The Morgan fingerprint density at radius 1 is 1.24 bits per heavy atom. The second kappa shape index (κ2) is 7.56. The summed E-state index contributed by atoms with van der Waals surface area (Å²) in [7, 11) is 0. The van der Waals surface area contributed by atoms with Crippen LogP contribution in [0, 0.1) is 11.8 Å². The van der Waals surface area contributed by atoms with E-state index in [1.165, 1.54) is 0 Å². The predicted octanol–water partition coefficient (Wildman–Crippen LogP) is 3.08. The Morgan fingerprint density at radius 2 is 1.88 bits per heavy atom. The smallest absolute Gasteiger partial charge is 0.240 e. The lowest BCUT2D eigenvalue weighted by Gasteiger charge is -2.20. The summed E-state index contributed by atoms with van der Waals surface area (Å²) in [5, 5.41) is 3.53. The first kappa shape index (κ1) is 17.9. The molecule has 1 N–H and O–H groups in total. The Bertz CT molecular complexity index is 667. The van der Waals surface area contributed by atoms with Crippen molar-refractivity contribution >= 4 is 29.3 Å². The van der Waals surface area contributed by atoms with Crippen molar-refractivity contribution in [2.24, 2.45) is 11.8 Å². The third kappa shape index (κ3) is 3.71. The maximum Gasteiger partial charge on any atom is 0.240 e. The molecule has 6 heteroatoms. The monoisotopic (exact) mass is 362 g/mol. The van der Waals surface area contributed by atoms with Gasteiger partial charge in [-0.15, -0.1) is 0 Å². The van der Waals surface area contributed by atoms with Gasteiger partial charge in [-0.3, -0.25) is 19.3 Å². The molecule has 3 atom stereocenters. The lowest BCUT2D eigenvalue weighted by atomic mass is 9.81. The van der Waals surface area contributed by atoms with Gasteiger partial charge in [0, 0.05) is 5.02 Å². The minimum absolute atomic E-state index is 0.180. The zero-order valence-corrected chi connectivity index (χ0v) is 15.1. The number of halogens is 1. The first-order valence-corrected chi connectivity index (χ1v) is 9.29. The lowest BCUT2D eigenvalue weighted by molar-refractivity contribution is -0.143. The first-order valence-electron chi connectivity index (χ1n) is 8.91. The van der Waals surface area contributed by atoms with E-state index in [1.54, 1.807) is 6.07 Å². The molecule has 134 valence electrons. The summed E-state index contributed by atoms with van der Waals surface area (Å²) in [4.78, 5) is 38.5. The lowest BCUT2D eigenvalue weighted by Crippen LogP contribution is -2.42. The molecule has 1 saturated carbocycles. The van der Waals surface area contributed by atoms with Crippen LogP contribution < -0.4 is 5.32 Å². The van der Waals surface area contributed by atoms with Crippen LogP contribution in [0.15, 0.2) is 24.3 Å². The van der Waals surface area contributed by atoms with E-state index in [0.717, 1.165) is 36.1 Å². The van der Waals surface area contributed by atoms with Crippen molar-refractivity contribution in [2.75, 3.05) is 6.54 Å². The maximum atomic E-state index is 12.5. The highest BCUT2D eigenvalue weighted by atomic mass is 35.5. The Hall–Kier alpha value is -1.88. The minimum atomic E-state index is -0.313. The van der Waals surface area contributed by atoms with Crippen molar-refractivity contribution in [3.05, 3.63) is 34.9 Å². The molecule has 0 spiro atoms. The van der Waals surface area contributed by atoms with Gasteiger partial charge in [-0.2, -0.15) is 0 Å². The normalized spacial score (nSPS) is 24.2. The quantitative estimate of drug-likeness (QED) is 0.818. The van der Waals surface area contributed by atoms with Crippen molar-refractivity contribution < 1.29 is 14.4 Å². The fourth-order valence-electron chi connectivity index (χ4n) is 3.91. The number of hydrogen-bond acceptors (Lipinski definition) is 3. The summed E-state index contributed by atoms with van der Waals surface area (Å²) in [5.74, 6) is -1.11. The van der Waals surface area contributed by atoms with Gasteiger partial charge >= 0.3 is 0 Å². The number of nitrogens with zero attached hydrogens (tertiary/aromatic N) is 1. The van der Waals surface area contributed by atoms with E-state index in [0.29, 0.717) is 11.4 Å². The van der Waals surface area contributed by atoms with Crippen molar-refractivity contribution in [3.8, 4) is 0 Å².